The summed E-state index contributed by atoms with van der Waals surface area (Å²) in [4.78, 5) is 26.8. The van der Waals surface area contributed by atoms with E-state index in [9.17, 15) is 9.59 Å². The molecule has 0 aliphatic heterocycles. The van der Waals surface area contributed by atoms with E-state index in [1.807, 2.05) is 5.38 Å². The van der Waals surface area contributed by atoms with Crippen molar-refractivity contribution in [2.45, 2.75) is 25.7 Å². The first-order valence-electron chi connectivity index (χ1n) is 6.04. The Hall–Kier alpha value is -1.43. The molecule has 18 heavy (non-hydrogen) atoms. The number of aliphatic carboxylic acids is 1. The molecule has 1 aromatic heterocycles. The Balaban J connectivity index is 1.71. The van der Waals surface area contributed by atoms with E-state index in [1.54, 1.807) is 5.51 Å². The normalized spacial score (nSPS) is 22.9. The third kappa shape index (κ3) is 3.29. The van der Waals surface area contributed by atoms with Crippen LogP contribution in [-0.4, -0.2) is 28.5 Å². The first kappa shape index (κ1) is 13.0. The van der Waals surface area contributed by atoms with Crippen molar-refractivity contribution in [1.29, 1.82) is 0 Å². The van der Waals surface area contributed by atoms with Crippen molar-refractivity contribution in [2.75, 3.05) is 6.54 Å². The molecule has 2 unspecified atom stereocenters. The number of nitrogens with zero attached hydrogens (tertiary/aromatic N) is 1. The summed E-state index contributed by atoms with van der Waals surface area (Å²) in [5.74, 6) is -1.29. The highest BCUT2D eigenvalue weighted by Gasteiger charge is 2.33. The van der Waals surface area contributed by atoms with Gasteiger partial charge in [-0.1, -0.05) is 0 Å². The largest absolute Gasteiger partial charge is 0.481 e. The number of carbonyl (C=O) groups excluding carboxylic acids is 1. The molecule has 0 bridgehead atoms. The molecule has 1 fully saturated rings. The zero-order chi connectivity index (χ0) is 13.0. The van der Waals surface area contributed by atoms with Crippen molar-refractivity contribution in [3.63, 3.8) is 0 Å². The topological polar surface area (TPSA) is 79.3 Å². The van der Waals surface area contributed by atoms with E-state index in [0.717, 1.165) is 12.1 Å². The molecular weight excluding hydrogens is 252 g/mol. The van der Waals surface area contributed by atoms with Gasteiger partial charge in [-0.2, -0.15) is 0 Å². The molecule has 2 atom stereocenters. The second kappa shape index (κ2) is 5.95. The van der Waals surface area contributed by atoms with Gasteiger partial charge in [0.25, 0.3) is 0 Å². The highest BCUT2D eigenvalue weighted by Crippen LogP contribution is 2.30. The number of nitrogens with one attached hydrogen (secondary N) is 1. The van der Waals surface area contributed by atoms with E-state index in [2.05, 4.69) is 10.3 Å². The Morgan fingerprint density at radius 3 is 2.83 bits per heavy atom. The number of carboxylic acid groups (broad SMARTS) is 1. The lowest BCUT2D eigenvalue weighted by molar-refractivity contribution is -0.141. The van der Waals surface area contributed by atoms with Crippen LogP contribution in [0.4, 0.5) is 0 Å². The second-order valence-electron chi connectivity index (χ2n) is 4.57. The summed E-state index contributed by atoms with van der Waals surface area (Å²) in [6.07, 6.45) is 2.49. The monoisotopic (exact) mass is 268 g/mol. The van der Waals surface area contributed by atoms with Gasteiger partial charge in [-0.25, -0.2) is 4.98 Å². The minimum atomic E-state index is -0.784. The van der Waals surface area contributed by atoms with Gasteiger partial charge >= 0.3 is 5.97 Å². The number of thiazole rings is 1. The summed E-state index contributed by atoms with van der Waals surface area (Å²) in [6.45, 7) is 0.566. The number of aromatic nitrogens is 1. The Labute approximate surface area is 109 Å². The molecule has 6 heteroatoms. The molecule has 1 aliphatic rings. The molecular formula is C12H16N2O3S. The van der Waals surface area contributed by atoms with Gasteiger partial charge < -0.3 is 10.4 Å². The second-order valence-corrected chi connectivity index (χ2v) is 5.28. The lowest BCUT2D eigenvalue weighted by Crippen LogP contribution is -2.31. The zero-order valence-corrected chi connectivity index (χ0v) is 10.8. The Morgan fingerprint density at radius 2 is 2.22 bits per heavy atom. The van der Waals surface area contributed by atoms with Gasteiger partial charge in [0.05, 0.1) is 17.1 Å². The third-order valence-electron chi connectivity index (χ3n) is 3.32. The van der Waals surface area contributed by atoms with E-state index in [1.165, 1.54) is 11.3 Å². The molecule has 1 saturated carbocycles. The van der Waals surface area contributed by atoms with Crippen LogP contribution >= 0.6 is 11.3 Å². The maximum atomic E-state index is 11.8. The van der Waals surface area contributed by atoms with Gasteiger partial charge in [0, 0.05) is 24.3 Å². The van der Waals surface area contributed by atoms with Gasteiger partial charge in [-0.3, -0.25) is 9.59 Å². The Morgan fingerprint density at radius 1 is 1.44 bits per heavy atom. The first-order chi connectivity index (χ1) is 8.66. The Bertz CT molecular complexity index is 419. The van der Waals surface area contributed by atoms with E-state index in [4.69, 9.17) is 5.11 Å². The number of amides is 1. The number of hydrogen-bond acceptors (Lipinski definition) is 4. The van der Waals surface area contributed by atoms with Gasteiger partial charge in [-0.05, 0) is 19.3 Å². The van der Waals surface area contributed by atoms with Gasteiger partial charge in [0.15, 0.2) is 0 Å². The molecule has 0 radical (unpaired) electrons. The predicted molar refractivity (Wildman–Crippen MR) is 67.3 cm³/mol. The quantitative estimate of drug-likeness (QED) is 0.843. The molecule has 98 valence electrons. The van der Waals surface area contributed by atoms with E-state index in [-0.39, 0.29) is 17.7 Å². The molecule has 2 rings (SSSR count). The highest BCUT2D eigenvalue weighted by molar-refractivity contribution is 7.07. The van der Waals surface area contributed by atoms with E-state index < -0.39 is 5.97 Å². The van der Waals surface area contributed by atoms with Gasteiger partial charge in [-0.15, -0.1) is 11.3 Å². The third-order valence-corrected chi connectivity index (χ3v) is 3.95. The van der Waals surface area contributed by atoms with Crippen LogP contribution in [0.15, 0.2) is 10.9 Å². The van der Waals surface area contributed by atoms with Crippen LogP contribution in [0.25, 0.3) is 0 Å². The van der Waals surface area contributed by atoms with Crippen molar-refractivity contribution in [2.24, 2.45) is 11.8 Å². The van der Waals surface area contributed by atoms with Crippen LogP contribution in [0.1, 0.15) is 25.0 Å². The maximum absolute atomic E-state index is 11.8. The van der Waals surface area contributed by atoms with Crippen LogP contribution in [0.3, 0.4) is 0 Å². The molecule has 1 aliphatic carbocycles. The van der Waals surface area contributed by atoms with Crippen LogP contribution in [0.2, 0.25) is 0 Å². The minimum Gasteiger partial charge on any atom is -0.481 e. The van der Waals surface area contributed by atoms with E-state index in [0.29, 0.717) is 25.8 Å². The van der Waals surface area contributed by atoms with Crippen LogP contribution in [0, 0.1) is 11.8 Å². The number of carboxylic acids is 1. The summed E-state index contributed by atoms with van der Waals surface area (Å²) < 4.78 is 0. The number of rotatable bonds is 5. The minimum absolute atomic E-state index is 0.0195. The smallest absolute Gasteiger partial charge is 0.306 e. The average molecular weight is 268 g/mol. The van der Waals surface area contributed by atoms with Crippen LogP contribution in [-0.2, 0) is 16.0 Å². The van der Waals surface area contributed by atoms with Crippen LogP contribution in [0.5, 0.6) is 0 Å². The number of hydrogen-bond donors (Lipinski definition) is 2. The van der Waals surface area contributed by atoms with Crippen molar-refractivity contribution >= 4 is 23.2 Å². The van der Waals surface area contributed by atoms with Gasteiger partial charge in [0.2, 0.25) is 5.91 Å². The lowest BCUT2D eigenvalue weighted by Gasteiger charge is -2.10. The summed E-state index contributed by atoms with van der Waals surface area (Å²) in [5, 5.41) is 13.7. The first-order valence-corrected chi connectivity index (χ1v) is 6.98. The average Bonchev–Trinajstić information content (AvgIpc) is 2.99. The highest BCUT2D eigenvalue weighted by atomic mass is 32.1. The molecule has 0 spiro atoms. The molecule has 2 N–H and O–H groups in total. The predicted octanol–water partition coefficient (Wildman–Crippen LogP) is 1.30. The SMILES string of the molecule is O=C(O)C1CCC(C(=O)NCCc2cscn2)C1. The fourth-order valence-corrected chi connectivity index (χ4v) is 2.86. The maximum Gasteiger partial charge on any atom is 0.306 e. The fourth-order valence-electron chi connectivity index (χ4n) is 2.26. The number of carbonyl (C=O) groups is 2. The molecule has 1 amide bonds. The fraction of sp³-hybridized carbons (Fsp3) is 0.583. The van der Waals surface area contributed by atoms with Gasteiger partial charge in [0.1, 0.15) is 0 Å². The Kier molecular flexibility index (Phi) is 4.30. The molecule has 1 aromatic rings. The molecule has 1 heterocycles. The van der Waals surface area contributed by atoms with Crippen molar-refractivity contribution in [3.8, 4) is 0 Å². The summed E-state index contributed by atoms with van der Waals surface area (Å²) >= 11 is 1.54. The summed E-state index contributed by atoms with van der Waals surface area (Å²) in [6, 6.07) is 0. The van der Waals surface area contributed by atoms with Crippen molar-refractivity contribution in [3.05, 3.63) is 16.6 Å². The molecule has 5 nitrogen and oxygen atoms in total. The van der Waals surface area contributed by atoms with Crippen molar-refractivity contribution in [1.82, 2.24) is 10.3 Å². The van der Waals surface area contributed by atoms with E-state index >= 15 is 0 Å². The summed E-state index contributed by atoms with van der Waals surface area (Å²) in [7, 11) is 0. The molecule has 0 saturated heterocycles. The standard InChI is InChI=1S/C12H16N2O3S/c15-11(8-1-2-9(5-8)12(16)17)13-4-3-10-6-18-7-14-10/h6-9H,1-5H2,(H,13,15)(H,16,17). The lowest BCUT2D eigenvalue weighted by atomic mass is 10.0. The van der Waals surface area contributed by atoms with Crippen molar-refractivity contribution < 1.29 is 14.7 Å². The summed E-state index contributed by atoms with van der Waals surface area (Å²) in [5.41, 5.74) is 2.75. The molecule has 0 aromatic carbocycles. The van der Waals surface area contributed by atoms with Crippen LogP contribution < -0.4 is 5.32 Å². The zero-order valence-electron chi connectivity index (χ0n) is 9.96.